The molecule has 1 saturated heterocycles. The minimum absolute atomic E-state index is 0.0333. The van der Waals surface area contributed by atoms with Crippen LogP contribution in [0.25, 0.3) is 0 Å². The molecule has 0 radical (unpaired) electrons. The van der Waals surface area contributed by atoms with Crippen LogP contribution in [0.3, 0.4) is 0 Å². The second kappa shape index (κ2) is 4.49. The summed E-state index contributed by atoms with van der Waals surface area (Å²) in [7, 11) is 0. The van der Waals surface area contributed by atoms with Crippen LogP contribution in [0.4, 0.5) is 0 Å². The molecule has 1 amide bonds. The number of nitrogens with zero attached hydrogens (tertiary/aromatic N) is 1. The van der Waals surface area contributed by atoms with E-state index in [2.05, 4.69) is 10.3 Å². The molecule has 0 aromatic carbocycles. The Morgan fingerprint density at radius 2 is 1.81 bits per heavy atom. The molecule has 0 atom stereocenters. The number of piperazine rings is 1. The monoisotopic (exact) mass is 221 g/mol. The topological polar surface area (TPSA) is 65.2 Å². The van der Waals surface area contributed by atoms with Gasteiger partial charge in [0, 0.05) is 33.1 Å². The van der Waals surface area contributed by atoms with Gasteiger partial charge in [-0.05, 0) is 12.1 Å². The lowest BCUT2D eigenvalue weighted by molar-refractivity contribution is 0.0730. The van der Waals surface area contributed by atoms with Gasteiger partial charge in [-0.2, -0.15) is 0 Å². The number of rotatable bonds is 2. The van der Waals surface area contributed by atoms with Crippen molar-refractivity contribution in [1.82, 2.24) is 15.2 Å². The van der Waals surface area contributed by atoms with E-state index in [-0.39, 0.29) is 11.7 Å². The van der Waals surface area contributed by atoms with Gasteiger partial charge in [0.05, 0.1) is 5.69 Å². The Kier molecular flexibility index (Phi) is 3.05. The van der Waals surface area contributed by atoms with Crippen molar-refractivity contribution >= 4 is 11.7 Å². The standard InChI is InChI=1S/C11H15N3O2/c1-8(15)9-2-3-10(13-9)11(16)14-6-4-12-5-7-14/h2-3,12-13H,4-7H2,1H3. The fourth-order valence-electron chi connectivity index (χ4n) is 1.76. The molecular weight excluding hydrogens is 206 g/mol. The third kappa shape index (κ3) is 2.14. The van der Waals surface area contributed by atoms with Gasteiger partial charge in [0.15, 0.2) is 5.78 Å². The summed E-state index contributed by atoms with van der Waals surface area (Å²) in [5.74, 6) is -0.0895. The number of amides is 1. The molecule has 1 aliphatic heterocycles. The molecule has 5 nitrogen and oxygen atoms in total. The van der Waals surface area contributed by atoms with Crippen LogP contribution < -0.4 is 5.32 Å². The van der Waals surface area contributed by atoms with Gasteiger partial charge in [0.1, 0.15) is 5.69 Å². The van der Waals surface area contributed by atoms with Crippen molar-refractivity contribution in [3.8, 4) is 0 Å². The number of aromatic nitrogens is 1. The van der Waals surface area contributed by atoms with Crippen molar-refractivity contribution in [1.29, 1.82) is 0 Å². The predicted molar refractivity (Wildman–Crippen MR) is 59.6 cm³/mol. The predicted octanol–water partition coefficient (Wildman–Crippen LogP) is 0.263. The van der Waals surface area contributed by atoms with Gasteiger partial charge in [-0.1, -0.05) is 0 Å². The molecule has 1 aliphatic rings. The normalized spacial score (nSPS) is 16.2. The molecule has 1 fully saturated rings. The van der Waals surface area contributed by atoms with E-state index >= 15 is 0 Å². The number of Topliss-reactive ketones (excluding diaryl/α,β-unsaturated/α-hetero) is 1. The Labute approximate surface area is 93.8 Å². The van der Waals surface area contributed by atoms with Crippen LogP contribution in [0.2, 0.25) is 0 Å². The molecule has 86 valence electrons. The lowest BCUT2D eigenvalue weighted by atomic mass is 10.3. The third-order valence-electron chi connectivity index (χ3n) is 2.70. The highest BCUT2D eigenvalue weighted by Crippen LogP contribution is 2.07. The second-order valence-electron chi connectivity index (χ2n) is 3.88. The maximum absolute atomic E-state index is 12.0. The molecule has 1 aromatic heterocycles. The maximum Gasteiger partial charge on any atom is 0.270 e. The first-order valence-electron chi connectivity index (χ1n) is 5.38. The van der Waals surface area contributed by atoms with Crippen molar-refractivity contribution in [3.05, 3.63) is 23.5 Å². The van der Waals surface area contributed by atoms with Crippen molar-refractivity contribution in [2.75, 3.05) is 26.2 Å². The van der Waals surface area contributed by atoms with Crippen LogP contribution in [-0.2, 0) is 0 Å². The number of carbonyl (C=O) groups excluding carboxylic acids is 2. The van der Waals surface area contributed by atoms with E-state index in [1.165, 1.54) is 6.92 Å². The van der Waals surface area contributed by atoms with Gasteiger partial charge in [-0.3, -0.25) is 9.59 Å². The Bertz CT molecular complexity index is 405. The fourth-order valence-corrected chi connectivity index (χ4v) is 1.76. The zero-order valence-corrected chi connectivity index (χ0v) is 9.25. The van der Waals surface area contributed by atoms with Gasteiger partial charge in [-0.15, -0.1) is 0 Å². The summed E-state index contributed by atoms with van der Waals surface area (Å²) in [5.41, 5.74) is 0.977. The van der Waals surface area contributed by atoms with Gasteiger partial charge < -0.3 is 15.2 Å². The van der Waals surface area contributed by atoms with E-state index in [0.29, 0.717) is 24.5 Å². The summed E-state index contributed by atoms with van der Waals surface area (Å²) in [6.07, 6.45) is 0. The van der Waals surface area contributed by atoms with Gasteiger partial charge in [-0.25, -0.2) is 0 Å². The highest BCUT2D eigenvalue weighted by Gasteiger charge is 2.19. The quantitative estimate of drug-likeness (QED) is 0.704. The van der Waals surface area contributed by atoms with Crippen molar-refractivity contribution in [2.45, 2.75) is 6.92 Å². The lowest BCUT2D eigenvalue weighted by Gasteiger charge is -2.26. The summed E-state index contributed by atoms with van der Waals surface area (Å²) < 4.78 is 0. The van der Waals surface area contributed by atoms with Gasteiger partial charge in [0.2, 0.25) is 0 Å². The van der Waals surface area contributed by atoms with Crippen molar-refractivity contribution in [2.24, 2.45) is 0 Å². The molecule has 0 saturated carbocycles. The molecule has 5 heteroatoms. The number of ketones is 1. The summed E-state index contributed by atoms with van der Waals surface area (Å²) >= 11 is 0. The Morgan fingerprint density at radius 1 is 1.19 bits per heavy atom. The zero-order valence-electron chi connectivity index (χ0n) is 9.25. The molecule has 16 heavy (non-hydrogen) atoms. The van der Waals surface area contributed by atoms with Crippen molar-refractivity contribution in [3.63, 3.8) is 0 Å². The zero-order chi connectivity index (χ0) is 11.5. The van der Waals surface area contributed by atoms with E-state index in [1.807, 2.05) is 0 Å². The van der Waals surface area contributed by atoms with Crippen LogP contribution in [0.5, 0.6) is 0 Å². The van der Waals surface area contributed by atoms with Gasteiger partial charge >= 0.3 is 0 Å². The van der Waals surface area contributed by atoms with Crippen LogP contribution >= 0.6 is 0 Å². The molecule has 0 bridgehead atoms. The first-order chi connectivity index (χ1) is 7.68. The Balaban J connectivity index is 2.10. The summed E-state index contributed by atoms with van der Waals surface area (Å²) in [4.78, 5) is 27.7. The van der Waals surface area contributed by atoms with E-state index in [0.717, 1.165) is 13.1 Å². The first kappa shape index (κ1) is 10.9. The summed E-state index contributed by atoms with van der Waals surface area (Å²) in [6.45, 7) is 4.56. The molecule has 0 aliphatic carbocycles. The molecule has 2 N–H and O–H groups in total. The van der Waals surface area contributed by atoms with E-state index in [4.69, 9.17) is 0 Å². The van der Waals surface area contributed by atoms with Crippen LogP contribution in [0.1, 0.15) is 27.9 Å². The molecule has 2 rings (SSSR count). The number of H-pyrrole nitrogens is 1. The van der Waals surface area contributed by atoms with Crippen LogP contribution in [0.15, 0.2) is 12.1 Å². The number of hydrogen-bond acceptors (Lipinski definition) is 3. The van der Waals surface area contributed by atoms with E-state index in [9.17, 15) is 9.59 Å². The number of hydrogen-bond donors (Lipinski definition) is 2. The summed E-state index contributed by atoms with van der Waals surface area (Å²) in [5, 5.41) is 3.19. The molecule has 0 spiro atoms. The number of nitrogens with one attached hydrogen (secondary N) is 2. The minimum atomic E-state index is -0.0561. The molecule has 1 aromatic rings. The largest absolute Gasteiger partial charge is 0.348 e. The Hall–Kier alpha value is -1.62. The third-order valence-corrected chi connectivity index (χ3v) is 2.70. The van der Waals surface area contributed by atoms with E-state index < -0.39 is 0 Å². The molecule has 2 heterocycles. The van der Waals surface area contributed by atoms with Gasteiger partial charge in [0.25, 0.3) is 5.91 Å². The molecular formula is C11H15N3O2. The average molecular weight is 221 g/mol. The van der Waals surface area contributed by atoms with E-state index in [1.54, 1.807) is 17.0 Å². The lowest BCUT2D eigenvalue weighted by Crippen LogP contribution is -2.46. The Morgan fingerprint density at radius 3 is 2.38 bits per heavy atom. The first-order valence-corrected chi connectivity index (χ1v) is 5.38. The van der Waals surface area contributed by atoms with Crippen LogP contribution in [-0.4, -0.2) is 47.8 Å². The smallest absolute Gasteiger partial charge is 0.270 e. The van der Waals surface area contributed by atoms with Crippen molar-refractivity contribution < 1.29 is 9.59 Å². The number of carbonyl (C=O) groups is 2. The minimum Gasteiger partial charge on any atom is -0.348 e. The fraction of sp³-hybridized carbons (Fsp3) is 0.455. The maximum atomic E-state index is 12.0. The highest BCUT2D eigenvalue weighted by atomic mass is 16.2. The number of aromatic amines is 1. The summed E-state index contributed by atoms with van der Waals surface area (Å²) in [6, 6.07) is 3.32. The SMILES string of the molecule is CC(=O)c1ccc(C(=O)N2CCNCC2)[nH]1. The average Bonchev–Trinajstić information content (AvgIpc) is 2.78. The second-order valence-corrected chi connectivity index (χ2v) is 3.88. The molecule has 0 unspecified atom stereocenters. The highest BCUT2D eigenvalue weighted by molar-refractivity contribution is 5.97. The van der Waals surface area contributed by atoms with Crippen LogP contribution in [0, 0.1) is 0 Å².